The van der Waals surface area contributed by atoms with Crippen molar-refractivity contribution >= 4 is 80.2 Å². The van der Waals surface area contributed by atoms with E-state index in [1.807, 2.05) is 53.2 Å². The topological polar surface area (TPSA) is 229 Å². The van der Waals surface area contributed by atoms with Gasteiger partial charge in [-0.2, -0.15) is 4.57 Å². The van der Waals surface area contributed by atoms with Gasteiger partial charge in [-0.25, -0.2) is 14.6 Å². The Morgan fingerprint density at radius 2 is 1.94 bits per heavy atom. The van der Waals surface area contributed by atoms with E-state index in [2.05, 4.69) is 15.5 Å². The minimum atomic E-state index is -1.95. The zero-order valence-corrected chi connectivity index (χ0v) is 27.9. The number of nitrogens with one attached hydrogen (secondary N) is 1. The molecule has 7 N–H and O–H groups in total. The lowest BCUT2D eigenvalue weighted by Crippen LogP contribution is -2.71. The molecular weight excluding hydrogens is 712 g/mol. The molecule has 0 aliphatic carbocycles. The maximum absolute atomic E-state index is 13.5. The molecule has 2 amide bonds. The van der Waals surface area contributed by atoms with Crippen molar-refractivity contribution < 1.29 is 49.0 Å². The highest BCUT2D eigenvalue weighted by molar-refractivity contribution is 8.00. The number of anilines is 1. The van der Waals surface area contributed by atoms with Gasteiger partial charge in [0.1, 0.15) is 22.8 Å². The number of nitrogens with two attached hydrogens (primary N) is 1. The quantitative estimate of drug-likeness (QED) is 0.0429. The van der Waals surface area contributed by atoms with Crippen LogP contribution in [0.3, 0.4) is 0 Å². The average molecular weight is 738 g/mol. The molecule has 0 radical (unpaired) electrons. The molecule has 6 rings (SSSR count). The van der Waals surface area contributed by atoms with Crippen molar-refractivity contribution in [1.29, 1.82) is 0 Å². The maximum atomic E-state index is 13.5. The van der Waals surface area contributed by atoms with Crippen molar-refractivity contribution in [3.05, 3.63) is 99.8 Å². The Hall–Kier alpha value is -5.65. The number of nitrogen functional groups attached to an aromatic ring is 1. The number of β-lactam (4-membered cyclic amide) rings is 1. The molecule has 1 fully saturated rings. The summed E-state index contributed by atoms with van der Waals surface area (Å²) in [6.45, 7) is 0.451. The highest BCUT2D eigenvalue weighted by Crippen LogP contribution is 2.41. The van der Waals surface area contributed by atoms with Crippen LogP contribution in [0.15, 0.2) is 88.7 Å². The zero-order chi connectivity index (χ0) is 35.7. The predicted octanol–water partition coefficient (Wildman–Crippen LogP) is 2.77. The van der Waals surface area contributed by atoms with E-state index in [0.717, 1.165) is 39.3 Å². The fraction of sp³-hybridized carbons (Fsp3) is 0.156. The van der Waals surface area contributed by atoms with Crippen LogP contribution in [-0.4, -0.2) is 76.9 Å². The van der Waals surface area contributed by atoms with Gasteiger partial charge in [0.2, 0.25) is 11.6 Å². The first-order valence-electron chi connectivity index (χ1n) is 14.6. The average Bonchev–Trinajstić information content (AvgIpc) is 3.53. The summed E-state index contributed by atoms with van der Waals surface area (Å²) in [6.07, 6.45) is 3.45. The number of carboxylic acid groups (broad SMARTS) is 2. The van der Waals surface area contributed by atoms with E-state index in [-0.39, 0.29) is 27.8 Å². The first kappa shape index (κ1) is 34.2. The number of aliphatic carboxylic acids is 2. The number of halogens is 1. The van der Waals surface area contributed by atoms with Crippen LogP contribution < -0.4 is 15.6 Å². The Morgan fingerprint density at radius 1 is 1.18 bits per heavy atom. The number of phenolic OH excluding ortho intramolecular Hbond substituents is 2. The Morgan fingerprint density at radius 3 is 2.66 bits per heavy atom. The van der Waals surface area contributed by atoms with Crippen LogP contribution in [-0.2, 0) is 30.6 Å². The molecule has 3 atom stereocenters. The number of phenols is 2. The van der Waals surface area contributed by atoms with Crippen LogP contribution in [0.5, 0.6) is 11.5 Å². The number of carboxylic acids is 2. The number of benzene rings is 2. The predicted molar refractivity (Wildman–Crippen MR) is 182 cm³/mol. The van der Waals surface area contributed by atoms with E-state index in [1.54, 1.807) is 6.08 Å². The molecule has 1 saturated heterocycles. The van der Waals surface area contributed by atoms with E-state index < -0.39 is 63.5 Å². The first-order chi connectivity index (χ1) is 24.0. The highest BCUT2D eigenvalue weighted by atomic mass is 35.5. The number of rotatable bonds is 11. The molecule has 2 aliphatic rings. The number of aromatic hydroxyl groups is 2. The third kappa shape index (κ3) is 6.52. The summed E-state index contributed by atoms with van der Waals surface area (Å²) in [4.78, 5) is 61.7. The van der Waals surface area contributed by atoms with E-state index in [9.17, 15) is 39.6 Å². The van der Waals surface area contributed by atoms with Gasteiger partial charge in [-0.05, 0) is 35.9 Å². The fourth-order valence-corrected chi connectivity index (χ4v) is 7.51. The van der Waals surface area contributed by atoms with Crippen molar-refractivity contribution in [3.63, 3.8) is 0 Å². The Labute approximate surface area is 295 Å². The van der Waals surface area contributed by atoms with Crippen LogP contribution in [0.25, 0.3) is 10.9 Å². The van der Waals surface area contributed by atoms with Gasteiger partial charge >= 0.3 is 11.9 Å². The van der Waals surface area contributed by atoms with Crippen molar-refractivity contribution in [3.8, 4) is 11.5 Å². The van der Waals surface area contributed by atoms with Gasteiger partial charge in [-0.3, -0.25) is 14.5 Å². The van der Waals surface area contributed by atoms with Gasteiger partial charge in [0.05, 0.1) is 5.02 Å². The van der Waals surface area contributed by atoms with Gasteiger partial charge in [-0.15, -0.1) is 23.1 Å². The molecule has 50 heavy (non-hydrogen) atoms. The normalized spacial score (nSPS) is 18.1. The third-order valence-corrected chi connectivity index (χ3v) is 10.1. The number of nitrogens with zero attached hydrogens (tertiary/aromatic N) is 4. The summed E-state index contributed by atoms with van der Waals surface area (Å²) in [5.74, 6) is -5.75. The summed E-state index contributed by atoms with van der Waals surface area (Å²) < 4.78 is 2.01. The second-order valence-electron chi connectivity index (χ2n) is 10.8. The number of carbonyl (C=O) groups excluding carboxylic acids is 2. The summed E-state index contributed by atoms with van der Waals surface area (Å²) in [5.41, 5.74) is 6.03. The number of hydrogen-bond acceptors (Lipinski definition) is 12. The van der Waals surface area contributed by atoms with Crippen LogP contribution in [0, 0.1) is 0 Å². The number of fused-ring (bicyclic) bond motifs is 2. The molecule has 256 valence electrons. The van der Waals surface area contributed by atoms with E-state index in [1.165, 1.54) is 17.1 Å². The zero-order valence-electron chi connectivity index (χ0n) is 25.5. The molecule has 0 spiro atoms. The molecule has 18 heteroatoms. The summed E-state index contributed by atoms with van der Waals surface area (Å²) in [5, 5.41) is 47.0. The minimum Gasteiger partial charge on any atom is -0.504 e. The number of oxime groups is 1. The van der Waals surface area contributed by atoms with E-state index in [0.29, 0.717) is 12.1 Å². The fourth-order valence-electron chi connectivity index (χ4n) is 5.38. The molecular formula is C32H26ClN6O9S2+. The van der Waals surface area contributed by atoms with Gasteiger partial charge < -0.3 is 36.3 Å². The monoisotopic (exact) mass is 737 g/mol. The molecule has 2 aromatic heterocycles. The number of allylic oxidation sites excluding steroid dienone is 2. The molecule has 0 bridgehead atoms. The number of hydrogen-bond donors (Lipinski definition) is 6. The molecule has 2 aromatic carbocycles. The molecule has 4 heterocycles. The molecule has 2 aliphatic heterocycles. The Bertz CT molecular complexity index is 2150. The van der Waals surface area contributed by atoms with Gasteiger partial charge in [0.15, 0.2) is 35.1 Å². The van der Waals surface area contributed by atoms with Crippen LogP contribution in [0.1, 0.15) is 17.4 Å². The van der Waals surface area contributed by atoms with Crippen molar-refractivity contribution in [2.24, 2.45) is 5.16 Å². The van der Waals surface area contributed by atoms with Crippen molar-refractivity contribution in [2.75, 3.05) is 11.5 Å². The van der Waals surface area contributed by atoms with Crippen LogP contribution >= 0.6 is 34.7 Å². The maximum Gasteiger partial charge on any atom is 0.352 e. The van der Waals surface area contributed by atoms with Gasteiger partial charge in [-0.1, -0.05) is 35.0 Å². The lowest BCUT2D eigenvalue weighted by molar-refractivity contribution is -0.661. The summed E-state index contributed by atoms with van der Waals surface area (Å²) >= 11 is 8.23. The van der Waals surface area contributed by atoms with Crippen molar-refractivity contribution in [2.45, 2.75) is 24.1 Å². The molecule has 3 unspecified atom stereocenters. The Balaban J connectivity index is 1.21. The summed E-state index contributed by atoms with van der Waals surface area (Å²) in [7, 11) is 0. The number of pyridine rings is 1. The number of para-hydroxylation sites is 1. The second kappa shape index (κ2) is 14.1. The number of aromatic nitrogens is 2. The molecule has 4 aromatic rings. The first-order valence-corrected chi connectivity index (χ1v) is 16.9. The van der Waals surface area contributed by atoms with Gasteiger partial charge in [0.25, 0.3) is 11.8 Å². The number of carbonyl (C=O) groups is 4. The van der Waals surface area contributed by atoms with Crippen molar-refractivity contribution in [1.82, 2.24) is 15.2 Å². The summed E-state index contributed by atoms with van der Waals surface area (Å²) in [6, 6.07) is 12.7. The smallest absolute Gasteiger partial charge is 0.352 e. The largest absolute Gasteiger partial charge is 0.504 e. The number of amides is 2. The molecule has 0 saturated carbocycles. The van der Waals surface area contributed by atoms with Crippen LogP contribution in [0.2, 0.25) is 5.02 Å². The highest BCUT2D eigenvalue weighted by Gasteiger charge is 2.54. The molecule has 15 nitrogen and oxygen atoms in total. The standard InChI is InChI=1S/C32H25ClN6O9S2/c33-21-17(9-10-20(40)25(21)41)26(31(46)47)48-37-22(18-14-50-32(34)35-18)27(42)36-23-28(43)39-24(30(44)45)16(13-49-29(23)39)7-4-12-38-11-3-6-15-5-1-2-8-19(15)38/h1-11,14,23,26,29H,12-13H2,(H6-,34,35,36,37,40,41,42,44,45,46,47)/p+1. The van der Waals surface area contributed by atoms with E-state index >= 15 is 0 Å². The number of thiazole rings is 1. The lowest BCUT2D eigenvalue weighted by atomic mass is 10.0. The lowest BCUT2D eigenvalue weighted by Gasteiger charge is -2.49. The SMILES string of the molecule is Nc1nc(C(=NOC(C(=O)O)c2ccc(O)c(O)c2Cl)C(=O)NC2C(=O)N3C(C(=O)O)=C(C=CC[n+]4cccc5ccccc54)CSC23)cs1. The van der Waals surface area contributed by atoms with Crippen LogP contribution in [0.4, 0.5) is 5.13 Å². The Kier molecular flexibility index (Phi) is 9.63. The minimum absolute atomic E-state index is 0.0474. The third-order valence-electron chi connectivity index (χ3n) is 7.76. The second-order valence-corrected chi connectivity index (χ2v) is 13.2. The van der Waals surface area contributed by atoms with Gasteiger partial charge in [0, 0.05) is 34.2 Å². The number of thioether (sulfide) groups is 1. The van der Waals surface area contributed by atoms with E-state index in [4.69, 9.17) is 22.2 Å².